The summed E-state index contributed by atoms with van der Waals surface area (Å²) < 4.78 is 1.14. The molecule has 3 heterocycles. The van der Waals surface area contributed by atoms with Crippen molar-refractivity contribution in [3.63, 3.8) is 0 Å². The number of benzene rings is 1. The van der Waals surface area contributed by atoms with Crippen molar-refractivity contribution in [2.45, 2.75) is 6.54 Å². The summed E-state index contributed by atoms with van der Waals surface area (Å²) in [6.45, 7) is -0.176. The number of hydrogen-bond donors (Lipinski definition) is 2. The number of carbonyl (C=O) groups is 1. The molecule has 4 aromatic rings. The van der Waals surface area contributed by atoms with Crippen LogP contribution >= 0.6 is 11.3 Å². The van der Waals surface area contributed by atoms with E-state index in [4.69, 9.17) is 0 Å². The van der Waals surface area contributed by atoms with Crippen molar-refractivity contribution in [2.75, 3.05) is 5.32 Å². The third kappa shape index (κ3) is 3.07. The van der Waals surface area contributed by atoms with Crippen LogP contribution in [0.25, 0.3) is 21.3 Å². The zero-order valence-electron chi connectivity index (χ0n) is 13.0. The molecule has 25 heavy (non-hydrogen) atoms. The molecule has 4 rings (SSSR count). The Hall–Kier alpha value is -3.26. The number of nitrogens with one attached hydrogen (secondary N) is 2. The number of rotatable bonds is 4. The Bertz CT molecular complexity index is 1100. The van der Waals surface area contributed by atoms with Crippen LogP contribution in [0.15, 0.2) is 58.8 Å². The lowest BCUT2D eigenvalue weighted by atomic mass is 10.2. The van der Waals surface area contributed by atoms with Gasteiger partial charge < -0.3 is 5.32 Å². The molecule has 0 radical (unpaired) electrons. The lowest BCUT2D eigenvalue weighted by Crippen LogP contribution is -2.29. The zero-order valence-corrected chi connectivity index (χ0v) is 13.8. The standard InChI is InChI=1S/C17H13N5O2S/c23-16(19-15-8-13(20-21-15)14-6-3-7-25-14)10-22-17(24)12-5-2-1-4-11(12)9-18-22/h1-9H,10H2,(H2,19,20,21,23). The van der Waals surface area contributed by atoms with Crippen LogP contribution in [0.4, 0.5) is 5.82 Å². The van der Waals surface area contributed by atoms with Gasteiger partial charge in [0.25, 0.3) is 5.56 Å². The second kappa shape index (κ2) is 6.33. The number of anilines is 1. The van der Waals surface area contributed by atoms with Crippen LogP contribution in [-0.2, 0) is 11.3 Å². The van der Waals surface area contributed by atoms with E-state index >= 15 is 0 Å². The molecule has 1 amide bonds. The summed E-state index contributed by atoms with van der Waals surface area (Å²) in [4.78, 5) is 25.6. The van der Waals surface area contributed by atoms with Gasteiger partial charge in [-0.3, -0.25) is 14.7 Å². The Morgan fingerprint density at radius 1 is 1.24 bits per heavy atom. The molecule has 0 fully saturated rings. The van der Waals surface area contributed by atoms with Crippen LogP contribution in [0, 0.1) is 0 Å². The fourth-order valence-electron chi connectivity index (χ4n) is 2.50. The minimum Gasteiger partial charge on any atom is -0.308 e. The molecule has 0 unspecified atom stereocenters. The van der Waals surface area contributed by atoms with E-state index in [1.807, 2.05) is 29.6 Å². The Morgan fingerprint density at radius 3 is 2.96 bits per heavy atom. The number of amides is 1. The summed E-state index contributed by atoms with van der Waals surface area (Å²) >= 11 is 1.57. The molecule has 0 aliphatic heterocycles. The summed E-state index contributed by atoms with van der Waals surface area (Å²) in [5.74, 6) is 0.0383. The monoisotopic (exact) mass is 351 g/mol. The average molecular weight is 351 g/mol. The van der Waals surface area contributed by atoms with Gasteiger partial charge in [-0.05, 0) is 17.5 Å². The quantitative estimate of drug-likeness (QED) is 0.591. The minimum absolute atomic E-state index is 0.176. The number of aromatic nitrogens is 4. The van der Waals surface area contributed by atoms with Gasteiger partial charge in [0.05, 0.1) is 22.2 Å². The summed E-state index contributed by atoms with van der Waals surface area (Å²) in [6, 6.07) is 12.8. The van der Waals surface area contributed by atoms with E-state index in [1.165, 1.54) is 0 Å². The highest BCUT2D eigenvalue weighted by Gasteiger charge is 2.11. The predicted octanol–water partition coefficient (Wildman–Crippen LogP) is 2.49. The Balaban J connectivity index is 1.51. The van der Waals surface area contributed by atoms with Gasteiger partial charge in [0, 0.05) is 11.5 Å². The highest BCUT2D eigenvalue weighted by Crippen LogP contribution is 2.24. The molecule has 0 aliphatic rings. The molecule has 0 saturated carbocycles. The van der Waals surface area contributed by atoms with Gasteiger partial charge in [-0.25, -0.2) is 4.68 Å². The van der Waals surface area contributed by atoms with Crippen LogP contribution in [0.3, 0.4) is 0 Å². The molecule has 3 aromatic heterocycles. The van der Waals surface area contributed by atoms with Crippen molar-refractivity contribution >= 4 is 33.8 Å². The maximum atomic E-state index is 12.4. The van der Waals surface area contributed by atoms with E-state index in [0.29, 0.717) is 11.2 Å². The number of fused-ring (bicyclic) bond motifs is 1. The maximum absolute atomic E-state index is 12.4. The molecule has 0 bridgehead atoms. The number of hydrogen-bond acceptors (Lipinski definition) is 5. The van der Waals surface area contributed by atoms with Gasteiger partial charge in [0.15, 0.2) is 5.82 Å². The van der Waals surface area contributed by atoms with Crippen molar-refractivity contribution in [1.29, 1.82) is 0 Å². The molecule has 0 aliphatic carbocycles. The lowest BCUT2D eigenvalue weighted by molar-refractivity contribution is -0.117. The van der Waals surface area contributed by atoms with Crippen molar-refractivity contribution in [3.8, 4) is 10.6 Å². The number of H-pyrrole nitrogens is 1. The molecule has 8 heteroatoms. The number of thiophene rings is 1. The van der Waals surface area contributed by atoms with Gasteiger partial charge >= 0.3 is 0 Å². The fraction of sp³-hybridized carbons (Fsp3) is 0.0588. The van der Waals surface area contributed by atoms with Gasteiger partial charge in [0.2, 0.25) is 5.91 Å². The molecule has 1 aromatic carbocycles. The molecular weight excluding hydrogens is 338 g/mol. The molecule has 0 spiro atoms. The average Bonchev–Trinajstić information content (AvgIpc) is 3.29. The van der Waals surface area contributed by atoms with E-state index in [0.717, 1.165) is 20.6 Å². The number of carbonyl (C=O) groups excluding carboxylic acids is 1. The predicted molar refractivity (Wildman–Crippen MR) is 96.5 cm³/mol. The Kier molecular flexibility index (Phi) is 3.87. The fourth-order valence-corrected chi connectivity index (χ4v) is 3.19. The van der Waals surface area contributed by atoms with Crippen molar-refractivity contribution in [3.05, 3.63) is 64.4 Å². The third-order valence-corrected chi connectivity index (χ3v) is 4.59. The van der Waals surface area contributed by atoms with Gasteiger partial charge in [-0.1, -0.05) is 24.3 Å². The lowest BCUT2D eigenvalue weighted by Gasteiger charge is -2.05. The second-order valence-electron chi connectivity index (χ2n) is 5.39. The molecule has 0 atom stereocenters. The van der Waals surface area contributed by atoms with Gasteiger partial charge in [-0.15, -0.1) is 11.3 Å². The van der Waals surface area contributed by atoms with E-state index < -0.39 is 0 Å². The normalized spacial score (nSPS) is 10.9. The topological polar surface area (TPSA) is 92.7 Å². The van der Waals surface area contributed by atoms with E-state index in [9.17, 15) is 9.59 Å². The van der Waals surface area contributed by atoms with Crippen LogP contribution < -0.4 is 10.9 Å². The van der Waals surface area contributed by atoms with E-state index in [2.05, 4.69) is 20.6 Å². The van der Waals surface area contributed by atoms with E-state index in [-0.39, 0.29) is 18.0 Å². The molecule has 124 valence electrons. The summed E-state index contributed by atoms with van der Waals surface area (Å²) in [7, 11) is 0. The highest BCUT2D eigenvalue weighted by molar-refractivity contribution is 7.13. The summed E-state index contributed by atoms with van der Waals surface area (Å²) in [5, 5.41) is 16.9. The van der Waals surface area contributed by atoms with Gasteiger partial charge in [0.1, 0.15) is 6.54 Å². The summed E-state index contributed by atoms with van der Waals surface area (Å²) in [6.07, 6.45) is 1.58. The first-order valence-electron chi connectivity index (χ1n) is 7.55. The third-order valence-electron chi connectivity index (χ3n) is 3.69. The molecule has 7 nitrogen and oxygen atoms in total. The minimum atomic E-state index is -0.367. The Morgan fingerprint density at radius 2 is 2.12 bits per heavy atom. The number of aromatic amines is 1. The number of nitrogens with zero attached hydrogens (tertiary/aromatic N) is 3. The van der Waals surface area contributed by atoms with Crippen molar-refractivity contribution < 1.29 is 4.79 Å². The molecular formula is C17H13N5O2S. The molecule has 0 saturated heterocycles. The SMILES string of the molecule is O=C(Cn1ncc2ccccc2c1=O)Nc1cc(-c2cccs2)[nH]n1. The zero-order chi connectivity index (χ0) is 17.2. The van der Waals surface area contributed by atoms with Crippen molar-refractivity contribution in [1.82, 2.24) is 20.0 Å². The smallest absolute Gasteiger partial charge is 0.275 e. The van der Waals surface area contributed by atoms with Crippen LogP contribution in [0.2, 0.25) is 0 Å². The van der Waals surface area contributed by atoms with Gasteiger partial charge in [-0.2, -0.15) is 10.2 Å². The highest BCUT2D eigenvalue weighted by atomic mass is 32.1. The molecule has 2 N–H and O–H groups in total. The Labute approximate surface area is 145 Å². The van der Waals surface area contributed by atoms with Crippen molar-refractivity contribution in [2.24, 2.45) is 0 Å². The first-order valence-corrected chi connectivity index (χ1v) is 8.43. The first kappa shape index (κ1) is 15.3. The second-order valence-corrected chi connectivity index (χ2v) is 6.33. The largest absolute Gasteiger partial charge is 0.308 e. The van der Waals surface area contributed by atoms with Crippen LogP contribution in [0.5, 0.6) is 0 Å². The first-order chi connectivity index (χ1) is 12.2. The maximum Gasteiger partial charge on any atom is 0.275 e. The van der Waals surface area contributed by atoms with Crippen LogP contribution in [0.1, 0.15) is 0 Å². The van der Waals surface area contributed by atoms with Crippen LogP contribution in [-0.4, -0.2) is 25.9 Å². The van der Waals surface area contributed by atoms with E-state index in [1.54, 1.807) is 35.7 Å². The summed E-state index contributed by atoms with van der Waals surface area (Å²) in [5.41, 5.74) is 0.529.